The lowest BCUT2D eigenvalue weighted by atomic mass is 10.1. The Labute approximate surface area is 128 Å². The van der Waals surface area contributed by atoms with Crippen molar-refractivity contribution < 1.29 is 9.13 Å². The van der Waals surface area contributed by atoms with Crippen LogP contribution in [0, 0.1) is 12.7 Å². The minimum absolute atomic E-state index is 0.00239. The van der Waals surface area contributed by atoms with E-state index in [9.17, 15) is 4.39 Å². The van der Waals surface area contributed by atoms with Crippen LogP contribution in [0.5, 0.6) is 0 Å². The standard InChI is InChI=1S/C16H19FN2OS/c1-11-7-19(9-16-12(2)18-10-21-16)8-15(20-11)13-3-5-14(17)6-4-13/h3-6,10-11,15H,7-9H2,1-2H3/t11-,15-/m0/s1. The van der Waals surface area contributed by atoms with E-state index in [0.717, 1.165) is 30.9 Å². The number of thiazole rings is 1. The van der Waals surface area contributed by atoms with Crippen LogP contribution in [0.25, 0.3) is 0 Å². The van der Waals surface area contributed by atoms with Crippen LogP contribution in [0.1, 0.15) is 29.2 Å². The average Bonchev–Trinajstić information content (AvgIpc) is 2.84. The molecular formula is C16H19FN2OS. The number of aryl methyl sites for hydroxylation is 1. The van der Waals surface area contributed by atoms with Gasteiger partial charge < -0.3 is 4.74 Å². The maximum atomic E-state index is 13.0. The fourth-order valence-corrected chi connectivity index (χ4v) is 3.53. The van der Waals surface area contributed by atoms with Crippen LogP contribution in [0.2, 0.25) is 0 Å². The maximum absolute atomic E-state index is 13.0. The molecule has 1 saturated heterocycles. The van der Waals surface area contributed by atoms with Crippen molar-refractivity contribution in [1.82, 2.24) is 9.88 Å². The molecular weight excluding hydrogens is 287 g/mol. The normalized spacial score (nSPS) is 23.4. The van der Waals surface area contributed by atoms with Crippen molar-refractivity contribution in [2.24, 2.45) is 0 Å². The second-order valence-corrected chi connectivity index (χ2v) is 6.48. The smallest absolute Gasteiger partial charge is 0.123 e. The number of hydrogen-bond donors (Lipinski definition) is 0. The summed E-state index contributed by atoms with van der Waals surface area (Å²) in [7, 11) is 0. The van der Waals surface area contributed by atoms with E-state index in [2.05, 4.69) is 16.8 Å². The fourth-order valence-electron chi connectivity index (χ4n) is 2.71. The van der Waals surface area contributed by atoms with E-state index in [1.165, 1.54) is 17.0 Å². The van der Waals surface area contributed by atoms with E-state index in [-0.39, 0.29) is 18.0 Å². The van der Waals surface area contributed by atoms with Crippen LogP contribution in [0.4, 0.5) is 4.39 Å². The molecule has 1 aromatic heterocycles. The van der Waals surface area contributed by atoms with Crippen LogP contribution in [-0.4, -0.2) is 29.1 Å². The first-order chi connectivity index (χ1) is 10.1. The van der Waals surface area contributed by atoms with Crippen molar-refractivity contribution in [3.05, 3.63) is 51.7 Å². The highest BCUT2D eigenvalue weighted by Gasteiger charge is 2.27. The van der Waals surface area contributed by atoms with E-state index in [0.29, 0.717) is 0 Å². The van der Waals surface area contributed by atoms with Gasteiger partial charge in [0, 0.05) is 24.5 Å². The number of hydrogen-bond acceptors (Lipinski definition) is 4. The van der Waals surface area contributed by atoms with Gasteiger partial charge in [-0.25, -0.2) is 9.37 Å². The van der Waals surface area contributed by atoms with Gasteiger partial charge in [0.2, 0.25) is 0 Å². The zero-order chi connectivity index (χ0) is 14.8. The molecule has 0 saturated carbocycles. The topological polar surface area (TPSA) is 25.4 Å². The highest BCUT2D eigenvalue weighted by molar-refractivity contribution is 7.09. The predicted molar refractivity (Wildman–Crippen MR) is 81.8 cm³/mol. The monoisotopic (exact) mass is 306 g/mol. The number of nitrogens with zero attached hydrogens (tertiary/aromatic N) is 2. The summed E-state index contributed by atoms with van der Waals surface area (Å²) in [4.78, 5) is 8.01. The van der Waals surface area contributed by atoms with Crippen LogP contribution < -0.4 is 0 Å². The van der Waals surface area contributed by atoms with Gasteiger partial charge in [0.05, 0.1) is 23.4 Å². The van der Waals surface area contributed by atoms with Crippen LogP contribution >= 0.6 is 11.3 Å². The zero-order valence-corrected chi connectivity index (χ0v) is 13.1. The summed E-state index contributed by atoms with van der Waals surface area (Å²) in [6.45, 7) is 6.78. The van der Waals surface area contributed by atoms with Gasteiger partial charge in [-0.3, -0.25) is 4.90 Å². The number of aromatic nitrogens is 1. The van der Waals surface area contributed by atoms with Gasteiger partial charge in [0.1, 0.15) is 5.82 Å². The average molecular weight is 306 g/mol. The van der Waals surface area contributed by atoms with Gasteiger partial charge >= 0.3 is 0 Å². The Bertz CT molecular complexity index is 599. The third kappa shape index (κ3) is 3.48. The Hall–Kier alpha value is -1.30. The molecule has 1 fully saturated rings. The van der Waals surface area contributed by atoms with Gasteiger partial charge in [-0.15, -0.1) is 11.3 Å². The molecule has 2 atom stereocenters. The molecule has 0 unspecified atom stereocenters. The molecule has 2 heterocycles. The number of ether oxygens (including phenoxy) is 1. The van der Waals surface area contributed by atoms with Crippen LogP contribution in [0.3, 0.4) is 0 Å². The molecule has 3 rings (SSSR count). The van der Waals surface area contributed by atoms with Crippen molar-refractivity contribution >= 4 is 11.3 Å². The minimum atomic E-state index is -0.209. The maximum Gasteiger partial charge on any atom is 0.123 e. The molecule has 3 nitrogen and oxygen atoms in total. The highest BCUT2D eigenvalue weighted by Crippen LogP contribution is 2.27. The van der Waals surface area contributed by atoms with Crippen LogP contribution in [-0.2, 0) is 11.3 Å². The Morgan fingerprint density at radius 3 is 2.76 bits per heavy atom. The molecule has 0 spiro atoms. The summed E-state index contributed by atoms with van der Waals surface area (Å²) < 4.78 is 19.1. The molecule has 0 amide bonds. The van der Waals surface area contributed by atoms with Crippen LogP contribution in [0.15, 0.2) is 29.8 Å². The van der Waals surface area contributed by atoms with E-state index in [4.69, 9.17) is 4.74 Å². The molecule has 112 valence electrons. The molecule has 5 heteroatoms. The van der Waals surface area contributed by atoms with Crippen molar-refractivity contribution in [1.29, 1.82) is 0 Å². The lowest BCUT2D eigenvalue weighted by molar-refractivity contribution is -0.0812. The van der Waals surface area contributed by atoms with Gasteiger partial charge in [0.25, 0.3) is 0 Å². The third-order valence-corrected chi connectivity index (χ3v) is 4.71. The molecule has 0 N–H and O–H groups in total. The highest BCUT2D eigenvalue weighted by atomic mass is 32.1. The lowest BCUT2D eigenvalue weighted by Crippen LogP contribution is -2.42. The Morgan fingerprint density at radius 1 is 1.33 bits per heavy atom. The summed E-state index contributed by atoms with van der Waals surface area (Å²) in [5.41, 5.74) is 4.04. The first-order valence-corrected chi connectivity index (χ1v) is 8.02. The number of halogens is 1. The molecule has 2 aromatic rings. The molecule has 1 aliphatic heterocycles. The summed E-state index contributed by atoms with van der Waals surface area (Å²) in [5, 5.41) is 0. The van der Waals surface area contributed by atoms with Crippen molar-refractivity contribution in [3.8, 4) is 0 Å². The van der Waals surface area contributed by atoms with Gasteiger partial charge in [-0.05, 0) is 31.5 Å². The van der Waals surface area contributed by atoms with E-state index in [1.54, 1.807) is 11.3 Å². The summed E-state index contributed by atoms with van der Waals surface area (Å²) in [5.74, 6) is -0.209. The summed E-state index contributed by atoms with van der Waals surface area (Å²) in [6.07, 6.45) is 0.171. The van der Waals surface area contributed by atoms with Gasteiger partial charge in [-0.1, -0.05) is 12.1 Å². The molecule has 0 aliphatic carbocycles. The van der Waals surface area contributed by atoms with Gasteiger partial charge in [0.15, 0.2) is 0 Å². The molecule has 0 bridgehead atoms. The largest absolute Gasteiger partial charge is 0.368 e. The van der Waals surface area contributed by atoms with Crippen molar-refractivity contribution in [2.75, 3.05) is 13.1 Å². The predicted octanol–water partition coefficient (Wildman–Crippen LogP) is 3.55. The Morgan fingerprint density at radius 2 is 2.10 bits per heavy atom. The Kier molecular flexibility index (Phi) is 4.33. The molecule has 0 radical (unpaired) electrons. The van der Waals surface area contributed by atoms with Crippen molar-refractivity contribution in [2.45, 2.75) is 32.6 Å². The van der Waals surface area contributed by atoms with E-state index >= 15 is 0 Å². The second-order valence-electron chi connectivity index (χ2n) is 5.54. The van der Waals surface area contributed by atoms with Crippen molar-refractivity contribution in [3.63, 3.8) is 0 Å². The number of morpholine rings is 1. The first-order valence-electron chi connectivity index (χ1n) is 7.14. The quantitative estimate of drug-likeness (QED) is 0.867. The lowest BCUT2D eigenvalue weighted by Gasteiger charge is -2.36. The molecule has 1 aliphatic rings. The summed E-state index contributed by atoms with van der Waals surface area (Å²) >= 11 is 1.70. The third-order valence-electron chi connectivity index (χ3n) is 3.79. The molecule has 21 heavy (non-hydrogen) atoms. The van der Waals surface area contributed by atoms with Gasteiger partial charge in [-0.2, -0.15) is 0 Å². The Balaban J connectivity index is 1.72. The first kappa shape index (κ1) is 14.6. The fraction of sp³-hybridized carbons (Fsp3) is 0.438. The van der Waals surface area contributed by atoms with E-state index < -0.39 is 0 Å². The number of rotatable bonds is 3. The number of benzene rings is 1. The SMILES string of the molecule is Cc1ncsc1CN1C[C@@H](c2ccc(F)cc2)O[C@@H](C)C1. The zero-order valence-electron chi connectivity index (χ0n) is 12.3. The summed E-state index contributed by atoms with van der Waals surface area (Å²) in [6, 6.07) is 6.62. The minimum Gasteiger partial charge on any atom is -0.368 e. The molecule has 1 aromatic carbocycles. The van der Waals surface area contributed by atoms with E-state index in [1.807, 2.05) is 24.6 Å². The second kappa shape index (κ2) is 6.22.